The third-order valence-electron chi connectivity index (χ3n) is 6.37. The molecule has 0 aliphatic heterocycles. The van der Waals surface area contributed by atoms with Gasteiger partial charge in [0.05, 0.1) is 0 Å². The number of rotatable bonds is 8. The lowest BCUT2D eigenvalue weighted by Gasteiger charge is -2.32. The molecule has 0 bridgehead atoms. The van der Waals surface area contributed by atoms with E-state index in [9.17, 15) is 9.59 Å². The monoisotopic (exact) mass is 491 g/mol. The van der Waals surface area contributed by atoms with Gasteiger partial charge in [-0.25, -0.2) is 4.98 Å². The standard InChI is InChI=1S/C28H33N3O3S/c1-4-20-9-11-21(12-10-20)27(32)30-23-7-5-6-8-24(23)31-28(33)25-17-35-26(29-25)16-34-22-14-18(2)13-19(3)15-22/h9-15,17,23-24H,4-8,16H2,1-3H3,(H,30,32)(H,31,33)/t23-,24-/m1/s1. The Hall–Kier alpha value is -3.19. The number of hydrogen-bond donors (Lipinski definition) is 2. The van der Waals surface area contributed by atoms with Crippen LogP contribution >= 0.6 is 11.3 Å². The molecule has 1 heterocycles. The van der Waals surface area contributed by atoms with Gasteiger partial charge in [0.15, 0.2) is 0 Å². The summed E-state index contributed by atoms with van der Waals surface area (Å²) in [5.41, 5.74) is 4.52. The van der Waals surface area contributed by atoms with Crippen LogP contribution in [0.4, 0.5) is 0 Å². The molecule has 1 aliphatic carbocycles. The van der Waals surface area contributed by atoms with Crippen LogP contribution in [0, 0.1) is 13.8 Å². The number of aryl methyl sites for hydroxylation is 3. The number of benzene rings is 2. The summed E-state index contributed by atoms with van der Waals surface area (Å²) in [5.74, 6) is 0.490. The van der Waals surface area contributed by atoms with Crippen LogP contribution in [0.5, 0.6) is 5.75 Å². The van der Waals surface area contributed by atoms with Gasteiger partial charge >= 0.3 is 0 Å². The normalized spacial score (nSPS) is 17.6. The molecular weight excluding hydrogens is 458 g/mol. The first kappa shape index (κ1) is 24.9. The number of nitrogens with zero attached hydrogens (tertiary/aromatic N) is 1. The number of hydrogen-bond acceptors (Lipinski definition) is 5. The molecule has 0 unspecified atom stereocenters. The van der Waals surface area contributed by atoms with E-state index in [4.69, 9.17) is 4.74 Å². The minimum absolute atomic E-state index is 0.0988. The molecule has 1 fully saturated rings. The molecule has 6 nitrogen and oxygen atoms in total. The van der Waals surface area contributed by atoms with Gasteiger partial charge < -0.3 is 15.4 Å². The molecule has 0 radical (unpaired) electrons. The Morgan fingerprint density at radius 1 is 0.971 bits per heavy atom. The van der Waals surface area contributed by atoms with Gasteiger partial charge in [-0.3, -0.25) is 9.59 Å². The molecule has 3 aromatic rings. The molecule has 2 aromatic carbocycles. The Kier molecular flexibility index (Phi) is 8.18. The predicted molar refractivity (Wildman–Crippen MR) is 139 cm³/mol. The van der Waals surface area contributed by atoms with Crippen LogP contribution in [0.2, 0.25) is 0 Å². The van der Waals surface area contributed by atoms with Crippen molar-refractivity contribution in [3.63, 3.8) is 0 Å². The molecule has 1 aliphatic rings. The molecule has 0 spiro atoms. The molecular formula is C28H33N3O3S. The fraction of sp³-hybridized carbons (Fsp3) is 0.393. The van der Waals surface area contributed by atoms with E-state index in [1.165, 1.54) is 16.9 Å². The SMILES string of the molecule is CCc1ccc(C(=O)N[C@@H]2CCCC[C@H]2NC(=O)c2csc(COc3cc(C)cc(C)c3)n2)cc1. The molecule has 184 valence electrons. The quantitative estimate of drug-likeness (QED) is 0.444. The number of carbonyl (C=O) groups is 2. The zero-order valence-electron chi connectivity index (χ0n) is 20.6. The molecule has 0 saturated heterocycles. The summed E-state index contributed by atoms with van der Waals surface area (Å²) >= 11 is 1.41. The van der Waals surface area contributed by atoms with E-state index in [-0.39, 0.29) is 23.9 Å². The fourth-order valence-corrected chi connectivity index (χ4v) is 5.19. The summed E-state index contributed by atoms with van der Waals surface area (Å²) in [6.07, 6.45) is 4.67. The highest BCUT2D eigenvalue weighted by molar-refractivity contribution is 7.09. The third kappa shape index (κ3) is 6.69. The van der Waals surface area contributed by atoms with Gasteiger partial charge in [0.2, 0.25) is 0 Å². The average Bonchev–Trinajstić information content (AvgIpc) is 3.33. The lowest BCUT2D eigenvalue weighted by molar-refractivity contribution is 0.0860. The van der Waals surface area contributed by atoms with E-state index in [0.29, 0.717) is 17.9 Å². The lowest BCUT2D eigenvalue weighted by atomic mass is 9.90. The molecule has 2 atom stereocenters. The van der Waals surface area contributed by atoms with Crippen molar-refractivity contribution in [1.82, 2.24) is 15.6 Å². The maximum Gasteiger partial charge on any atom is 0.271 e. The second-order valence-electron chi connectivity index (χ2n) is 9.23. The zero-order chi connectivity index (χ0) is 24.8. The minimum atomic E-state index is -0.211. The third-order valence-corrected chi connectivity index (χ3v) is 7.19. The maximum absolute atomic E-state index is 12.9. The second kappa shape index (κ2) is 11.5. The van der Waals surface area contributed by atoms with Gasteiger partial charge in [-0.05, 0) is 74.1 Å². The summed E-state index contributed by atoms with van der Waals surface area (Å²) in [7, 11) is 0. The van der Waals surface area contributed by atoms with Gasteiger partial charge in [-0.1, -0.05) is 38.0 Å². The molecule has 1 aromatic heterocycles. The van der Waals surface area contributed by atoms with E-state index in [2.05, 4.69) is 28.6 Å². The first-order valence-corrected chi connectivity index (χ1v) is 13.2. The van der Waals surface area contributed by atoms with Crippen LogP contribution in [0.15, 0.2) is 47.8 Å². The molecule has 2 N–H and O–H groups in total. The van der Waals surface area contributed by atoms with E-state index < -0.39 is 0 Å². The summed E-state index contributed by atoms with van der Waals surface area (Å²) in [5, 5.41) is 8.77. The van der Waals surface area contributed by atoms with Crippen molar-refractivity contribution in [1.29, 1.82) is 0 Å². The van der Waals surface area contributed by atoms with E-state index in [0.717, 1.165) is 54.0 Å². The Morgan fingerprint density at radius 3 is 2.23 bits per heavy atom. The molecule has 2 amide bonds. The van der Waals surface area contributed by atoms with Crippen molar-refractivity contribution in [2.24, 2.45) is 0 Å². The van der Waals surface area contributed by atoms with Crippen molar-refractivity contribution in [2.45, 2.75) is 71.6 Å². The highest BCUT2D eigenvalue weighted by Crippen LogP contribution is 2.21. The van der Waals surface area contributed by atoms with Crippen LogP contribution in [-0.4, -0.2) is 28.9 Å². The van der Waals surface area contributed by atoms with Gasteiger partial charge in [-0.2, -0.15) is 0 Å². The Bertz CT molecular complexity index is 1150. The topological polar surface area (TPSA) is 80.3 Å². The Morgan fingerprint density at radius 2 is 1.60 bits per heavy atom. The lowest BCUT2D eigenvalue weighted by Crippen LogP contribution is -2.53. The first-order chi connectivity index (χ1) is 16.9. The van der Waals surface area contributed by atoms with Gasteiger partial charge in [0.1, 0.15) is 23.1 Å². The number of nitrogens with one attached hydrogen (secondary N) is 2. The molecule has 1 saturated carbocycles. The zero-order valence-corrected chi connectivity index (χ0v) is 21.4. The molecule has 4 rings (SSSR count). The summed E-state index contributed by atoms with van der Waals surface area (Å²) in [6.45, 7) is 6.48. The van der Waals surface area contributed by atoms with Crippen LogP contribution in [0.3, 0.4) is 0 Å². The van der Waals surface area contributed by atoms with Crippen LogP contribution in [0.1, 0.15) is 75.2 Å². The first-order valence-electron chi connectivity index (χ1n) is 12.3. The number of carbonyl (C=O) groups excluding carboxylic acids is 2. The van der Waals surface area contributed by atoms with Crippen LogP contribution in [-0.2, 0) is 13.0 Å². The van der Waals surface area contributed by atoms with Gasteiger partial charge in [0, 0.05) is 23.0 Å². The summed E-state index contributed by atoms with van der Waals surface area (Å²) in [6, 6.07) is 13.6. The van der Waals surface area contributed by atoms with Crippen molar-refractivity contribution >= 4 is 23.2 Å². The van der Waals surface area contributed by atoms with Crippen molar-refractivity contribution in [2.75, 3.05) is 0 Å². The van der Waals surface area contributed by atoms with Crippen LogP contribution < -0.4 is 15.4 Å². The van der Waals surface area contributed by atoms with E-state index in [1.807, 2.05) is 50.2 Å². The minimum Gasteiger partial charge on any atom is -0.486 e. The Labute approximate surface area is 211 Å². The Balaban J connectivity index is 1.34. The van der Waals surface area contributed by atoms with Gasteiger partial charge in [-0.15, -0.1) is 11.3 Å². The number of aromatic nitrogens is 1. The highest BCUT2D eigenvalue weighted by Gasteiger charge is 2.29. The number of thiazole rings is 1. The van der Waals surface area contributed by atoms with Crippen LogP contribution in [0.25, 0.3) is 0 Å². The summed E-state index contributed by atoms with van der Waals surface area (Å²) in [4.78, 5) is 30.2. The van der Waals surface area contributed by atoms with Crippen molar-refractivity contribution < 1.29 is 14.3 Å². The molecule has 35 heavy (non-hydrogen) atoms. The number of amides is 2. The second-order valence-corrected chi connectivity index (χ2v) is 10.2. The van der Waals surface area contributed by atoms with Crippen molar-refractivity contribution in [3.8, 4) is 5.75 Å². The van der Waals surface area contributed by atoms with Gasteiger partial charge in [0.25, 0.3) is 11.8 Å². The highest BCUT2D eigenvalue weighted by atomic mass is 32.1. The largest absolute Gasteiger partial charge is 0.486 e. The van der Waals surface area contributed by atoms with E-state index >= 15 is 0 Å². The predicted octanol–water partition coefficient (Wildman–Crippen LogP) is 5.37. The summed E-state index contributed by atoms with van der Waals surface area (Å²) < 4.78 is 5.88. The van der Waals surface area contributed by atoms with Crippen molar-refractivity contribution in [3.05, 3.63) is 80.8 Å². The smallest absolute Gasteiger partial charge is 0.271 e. The molecule has 7 heteroatoms. The maximum atomic E-state index is 12.9. The van der Waals surface area contributed by atoms with E-state index in [1.54, 1.807) is 5.38 Å². The number of ether oxygens (including phenoxy) is 1. The average molecular weight is 492 g/mol. The fourth-order valence-electron chi connectivity index (χ4n) is 4.51.